The Morgan fingerprint density at radius 3 is 2.61 bits per heavy atom. The van der Waals surface area contributed by atoms with Gasteiger partial charge in [-0.05, 0) is 30.0 Å². The zero-order chi connectivity index (χ0) is 20.1. The van der Waals surface area contributed by atoms with Crippen molar-refractivity contribution in [2.45, 2.75) is 6.61 Å². The van der Waals surface area contributed by atoms with E-state index >= 15 is 0 Å². The molecule has 1 saturated heterocycles. The lowest BCUT2D eigenvalue weighted by Crippen LogP contribution is -2.34. The summed E-state index contributed by atoms with van der Waals surface area (Å²) in [6.45, 7) is -0.425. The number of hydrogen-bond donors (Lipinski definition) is 0. The Hall–Kier alpha value is -3.13. The van der Waals surface area contributed by atoms with Crippen LogP contribution in [-0.2, 0) is 20.9 Å². The van der Waals surface area contributed by atoms with E-state index in [-0.39, 0.29) is 17.3 Å². The van der Waals surface area contributed by atoms with Crippen LogP contribution < -0.4 is 4.74 Å². The van der Waals surface area contributed by atoms with Crippen LogP contribution in [0.4, 0.5) is 9.18 Å². The van der Waals surface area contributed by atoms with E-state index in [1.807, 2.05) is 0 Å². The van der Waals surface area contributed by atoms with Gasteiger partial charge in [0.15, 0.2) is 0 Å². The maximum atomic E-state index is 13.8. The Morgan fingerprint density at radius 1 is 1.14 bits per heavy atom. The van der Waals surface area contributed by atoms with Crippen LogP contribution in [-0.4, -0.2) is 35.7 Å². The third-order valence-electron chi connectivity index (χ3n) is 3.94. The van der Waals surface area contributed by atoms with Gasteiger partial charge in [-0.3, -0.25) is 19.3 Å². The number of esters is 1. The van der Waals surface area contributed by atoms with Crippen molar-refractivity contribution in [1.29, 1.82) is 0 Å². The number of carbonyl (C=O) groups excluding carboxylic acids is 3. The molecule has 1 aliphatic rings. The van der Waals surface area contributed by atoms with Crippen molar-refractivity contribution in [3.63, 3.8) is 0 Å². The minimum Gasteiger partial charge on any atom is -0.488 e. The molecule has 1 aliphatic heterocycles. The molecule has 2 aromatic rings. The zero-order valence-electron chi connectivity index (χ0n) is 14.9. The van der Waals surface area contributed by atoms with Crippen LogP contribution in [0.1, 0.15) is 11.1 Å². The molecule has 0 unspecified atom stereocenters. The molecule has 0 aromatic heterocycles. The Bertz CT molecular complexity index is 959. The van der Waals surface area contributed by atoms with Gasteiger partial charge in [-0.25, -0.2) is 4.39 Å². The van der Waals surface area contributed by atoms with Crippen LogP contribution in [0.15, 0.2) is 53.4 Å². The van der Waals surface area contributed by atoms with Gasteiger partial charge < -0.3 is 9.47 Å². The number of carbonyl (C=O) groups is 3. The summed E-state index contributed by atoms with van der Waals surface area (Å²) in [5, 5.41) is -0.550. The van der Waals surface area contributed by atoms with Crippen molar-refractivity contribution in [2.75, 3.05) is 13.7 Å². The highest BCUT2D eigenvalue weighted by Crippen LogP contribution is 2.34. The highest BCUT2D eigenvalue weighted by molar-refractivity contribution is 8.18. The number of benzene rings is 2. The van der Waals surface area contributed by atoms with Crippen LogP contribution in [0.2, 0.25) is 0 Å². The van der Waals surface area contributed by atoms with E-state index < -0.39 is 23.7 Å². The van der Waals surface area contributed by atoms with E-state index in [1.165, 1.54) is 19.3 Å². The van der Waals surface area contributed by atoms with Crippen molar-refractivity contribution in [1.82, 2.24) is 4.90 Å². The number of thioether (sulfide) groups is 1. The molecule has 0 atom stereocenters. The molecule has 1 heterocycles. The standard InChI is InChI=1S/C20H16FNO5S/c1-26-18(23)11-22-19(24)17(28-20(22)25)10-13-6-3-5-9-16(13)27-12-14-7-2-4-8-15(14)21/h2-10H,11-12H2,1H3/b17-10+. The van der Waals surface area contributed by atoms with Crippen molar-refractivity contribution in [3.05, 3.63) is 70.4 Å². The van der Waals surface area contributed by atoms with E-state index in [0.29, 0.717) is 16.9 Å². The second-order valence-electron chi connectivity index (χ2n) is 5.76. The fourth-order valence-corrected chi connectivity index (χ4v) is 3.30. The number of halogens is 1. The Morgan fingerprint density at radius 2 is 1.86 bits per heavy atom. The summed E-state index contributed by atoms with van der Waals surface area (Å²) >= 11 is 0.730. The molecule has 8 heteroatoms. The lowest BCUT2D eigenvalue weighted by atomic mass is 10.1. The predicted octanol–water partition coefficient (Wildman–Crippen LogP) is 3.61. The maximum Gasteiger partial charge on any atom is 0.325 e. The molecule has 0 aliphatic carbocycles. The van der Waals surface area contributed by atoms with Crippen molar-refractivity contribution >= 4 is 35.0 Å². The monoisotopic (exact) mass is 401 g/mol. The Kier molecular flexibility index (Phi) is 6.10. The van der Waals surface area contributed by atoms with Gasteiger partial charge in [0.05, 0.1) is 12.0 Å². The average molecular weight is 401 g/mol. The third kappa shape index (κ3) is 4.40. The van der Waals surface area contributed by atoms with Crippen LogP contribution in [0.3, 0.4) is 0 Å². The summed E-state index contributed by atoms with van der Waals surface area (Å²) in [7, 11) is 1.18. The molecule has 0 saturated carbocycles. The van der Waals surface area contributed by atoms with Gasteiger partial charge in [0, 0.05) is 11.1 Å². The van der Waals surface area contributed by atoms with Gasteiger partial charge >= 0.3 is 5.97 Å². The van der Waals surface area contributed by atoms with E-state index in [0.717, 1.165) is 16.7 Å². The Balaban J connectivity index is 1.79. The number of imide groups is 1. The molecule has 0 N–H and O–H groups in total. The number of ether oxygens (including phenoxy) is 2. The van der Waals surface area contributed by atoms with Crippen molar-refractivity contribution < 1.29 is 28.2 Å². The lowest BCUT2D eigenvalue weighted by Gasteiger charge is -2.11. The fourth-order valence-electron chi connectivity index (χ4n) is 2.47. The molecule has 0 radical (unpaired) electrons. The normalized spacial score (nSPS) is 15.2. The minimum atomic E-state index is -0.683. The first-order valence-electron chi connectivity index (χ1n) is 8.27. The first-order valence-corrected chi connectivity index (χ1v) is 9.08. The topological polar surface area (TPSA) is 72.9 Å². The SMILES string of the molecule is COC(=O)CN1C(=O)S/C(=C/c2ccccc2OCc2ccccc2F)C1=O. The second-order valence-corrected chi connectivity index (χ2v) is 6.76. The first kappa shape index (κ1) is 19.6. The van der Waals surface area contributed by atoms with Gasteiger partial charge in [0.1, 0.15) is 24.7 Å². The largest absolute Gasteiger partial charge is 0.488 e. The molecule has 0 spiro atoms. The molecule has 6 nitrogen and oxygen atoms in total. The van der Waals surface area contributed by atoms with Crippen molar-refractivity contribution in [2.24, 2.45) is 0 Å². The van der Waals surface area contributed by atoms with E-state index in [9.17, 15) is 18.8 Å². The number of methoxy groups -OCH3 is 1. The smallest absolute Gasteiger partial charge is 0.325 e. The van der Waals surface area contributed by atoms with Gasteiger partial charge in [-0.1, -0.05) is 36.4 Å². The van der Waals surface area contributed by atoms with E-state index in [4.69, 9.17) is 4.74 Å². The highest BCUT2D eigenvalue weighted by Gasteiger charge is 2.36. The molecule has 1 fully saturated rings. The van der Waals surface area contributed by atoms with Crippen LogP contribution in [0.25, 0.3) is 6.08 Å². The molecular formula is C20H16FNO5S. The highest BCUT2D eigenvalue weighted by atomic mass is 32.2. The van der Waals surface area contributed by atoms with Crippen LogP contribution in [0, 0.1) is 5.82 Å². The van der Waals surface area contributed by atoms with Crippen LogP contribution >= 0.6 is 11.8 Å². The number of para-hydroxylation sites is 1. The van der Waals surface area contributed by atoms with Gasteiger partial charge in [0.2, 0.25) is 0 Å². The summed E-state index contributed by atoms with van der Waals surface area (Å²) in [5.41, 5.74) is 0.957. The molecular weight excluding hydrogens is 385 g/mol. The summed E-state index contributed by atoms with van der Waals surface area (Å²) in [6, 6.07) is 13.2. The Labute approximate surface area is 164 Å². The fraction of sp³-hybridized carbons (Fsp3) is 0.150. The molecule has 144 valence electrons. The number of hydrogen-bond acceptors (Lipinski definition) is 6. The minimum absolute atomic E-state index is 0.0152. The number of amides is 2. The molecule has 0 bridgehead atoms. The van der Waals surface area contributed by atoms with E-state index in [2.05, 4.69) is 4.74 Å². The third-order valence-corrected chi connectivity index (χ3v) is 4.84. The summed E-state index contributed by atoms with van der Waals surface area (Å²) < 4.78 is 24.0. The maximum absolute atomic E-state index is 13.8. The quantitative estimate of drug-likeness (QED) is 0.544. The van der Waals surface area contributed by atoms with Crippen molar-refractivity contribution in [3.8, 4) is 5.75 Å². The van der Waals surface area contributed by atoms with Gasteiger partial charge in [0.25, 0.3) is 11.1 Å². The lowest BCUT2D eigenvalue weighted by molar-refractivity contribution is -0.143. The average Bonchev–Trinajstić information content (AvgIpc) is 2.95. The summed E-state index contributed by atoms with van der Waals surface area (Å²) in [6.07, 6.45) is 1.51. The number of rotatable bonds is 6. The zero-order valence-corrected chi connectivity index (χ0v) is 15.7. The number of nitrogens with zero attached hydrogens (tertiary/aromatic N) is 1. The predicted molar refractivity (Wildman–Crippen MR) is 102 cm³/mol. The summed E-state index contributed by atoms with van der Waals surface area (Å²) in [4.78, 5) is 36.8. The first-order chi connectivity index (χ1) is 13.5. The molecule has 28 heavy (non-hydrogen) atoms. The second kappa shape index (κ2) is 8.71. The van der Waals surface area contributed by atoms with Gasteiger partial charge in [-0.2, -0.15) is 0 Å². The molecule has 2 aromatic carbocycles. The summed E-state index contributed by atoms with van der Waals surface area (Å²) in [5.74, 6) is -1.20. The molecule has 3 rings (SSSR count). The van der Waals surface area contributed by atoms with E-state index in [1.54, 1.807) is 42.5 Å². The van der Waals surface area contributed by atoms with Gasteiger partial charge in [-0.15, -0.1) is 0 Å². The molecule has 2 amide bonds. The van der Waals surface area contributed by atoms with Crippen LogP contribution in [0.5, 0.6) is 5.75 Å².